The van der Waals surface area contributed by atoms with Crippen LogP contribution in [0.25, 0.3) is 10.8 Å². The summed E-state index contributed by atoms with van der Waals surface area (Å²) in [5.41, 5.74) is 1.88. The summed E-state index contributed by atoms with van der Waals surface area (Å²) in [6.07, 6.45) is 1.15. The highest BCUT2D eigenvalue weighted by atomic mass is 32.2. The van der Waals surface area contributed by atoms with E-state index in [0.717, 1.165) is 17.0 Å². The van der Waals surface area contributed by atoms with Crippen molar-refractivity contribution in [2.75, 3.05) is 11.0 Å². The Morgan fingerprint density at radius 3 is 2.22 bits per heavy atom. The number of hydrogen-bond acceptors (Lipinski definition) is 2. The second-order valence-electron chi connectivity index (χ2n) is 4.85. The average Bonchev–Trinajstić information content (AvgIpc) is 2.26. The summed E-state index contributed by atoms with van der Waals surface area (Å²) in [5, 5.41) is 2.16. The summed E-state index contributed by atoms with van der Waals surface area (Å²) in [5.74, 6) is 0.489. The largest absolute Gasteiger partial charge is 0.284 e. The first-order valence-corrected chi connectivity index (χ1v) is 7.76. The summed E-state index contributed by atoms with van der Waals surface area (Å²) in [6.45, 7) is 4.31. The van der Waals surface area contributed by atoms with Gasteiger partial charge in [0.2, 0.25) is 10.0 Å². The minimum absolute atomic E-state index is 0.489. The molecular formula is C14H17NO2S. The van der Waals surface area contributed by atoms with Gasteiger partial charge in [0.15, 0.2) is 0 Å². The molecule has 96 valence electrons. The number of fused-ring (bicyclic) bond motifs is 1. The van der Waals surface area contributed by atoms with Crippen LogP contribution in [0, 0.1) is 0 Å². The van der Waals surface area contributed by atoms with Gasteiger partial charge in [0.1, 0.15) is 0 Å². The van der Waals surface area contributed by atoms with Crippen molar-refractivity contribution < 1.29 is 8.42 Å². The molecule has 3 nitrogen and oxygen atoms in total. The fourth-order valence-corrected chi connectivity index (χ4v) is 2.46. The van der Waals surface area contributed by atoms with Crippen molar-refractivity contribution in [1.29, 1.82) is 0 Å². The number of hydrogen-bond donors (Lipinski definition) is 1. The van der Waals surface area contributed by atoms with Gasteiger partial charge in [-0.15, -0.1) is 0 Å². The quantitative estimate of drug-likeness (QED) is 0.923. The second-order valence-corrected chi connectivity index (χ2v) is 6.60. The summed E-state index contributed by atoms with van der Waals surface area (Å²) < 4.78 is 24.8. The molecule has 0 fully saturated rings. The lowest BCUT2D eigenvalue weighted by Gasteiger charge is -2.09. The third kappa shape index (κ3) is 3.01. The Morgan fingerprint density at radius 2 is 1.61 bits per heavy atom. The highest BCUT2D eigenvalue weighted by Crippen LogP contribution is 2.24. The molecule has 0 saturated carbocycles. The van der Waals surface area contributed by atoms with E-state index in [1.54, 1.807) is 6.07 Å². The van der Waals surface area contributed by atoms with Crippen molar-refractivity contribution >= 4 is 26.5 Å². The van der Waals surface area contributed by atoms with Crippen LogP contribution in [-0.2, 0) is 10.0 Å². The highest BCUT2D eigenvalue weighted by Gasteiger charge is 2.04. The van der Waals surface area contributed by atoms with Crippen LogP contribution in [0.15, 0.2) is 36.4 Å². The summed E-state index contributed by atoms with van der Waals surface area (Å²) in [4.78, 5) is 0. The number of benzene rings is 2. The standard InChI is InChI=1S/C14H17NO2S/c1-10(2)11-4-5-13-9-14(15-18(3,16)17)7-6-12(13)8-11/h4-10,15H,1-3H3. The third-order valence-corrected chi connectivity index (χ3v) is 3.44. The molecule has 0 saturated heterocycles. The normalized spacial score (nSPS) is 12.0. The molecule has 0 heterocycles. The van der Waals surface area contributed by atoms with Crippen LogP contribution in [0.4, 0.5) is 5.69 Å². The number of rotatable bonds is 3. The lowest BCUT2D eigenvalue weighted by molar-refractivity contribution is 0.607. The molecule has 18 heavy (non-hydrogen) atoms. The van der Waals surface area contributed by atoms with Crippen LogP contribution >= 0.6 is 0 Å². The lowest BCUT2D eigenvalue weighted by atomic mass is 9.99. The maximum Gasteiger partial charge on any atom is 0.229 e. The van der Waals surface area contributed by atoms with Crippen molar-refractivity contribution in [3.63, 3.8) is 0 Å². The Balaban J connectivity index is 2.44. The summed E-state index contributed by atoms with van der Waals surface area (Å²) in [7, 11) is -3.22. The molecule has 0 unspecified atom stereocenters. The summed E-state index contributed by atoms with van der Waals surface area (Å²) in [6, 6.07) is 11.8. The highest BCUT2D eigenvalue weighted by molar-refractivity contribution is 7.92. The molecule has 2 aromatic carbocycles. The Kier molecular flexibility index (Phi) is 3.30. The van der Waals surface area contributed by atoms with Crippen molar-refractivity contribution in [3.8, 4) is 0 Å². The van der Waals surface area contributed by atoms with E-state index in [4.69, 9.17) is 0 Å². The van der Waals surface area contributed by atoms with Crippen LogP contribution in [0.3, 0.4) is 0 Å². The molecule has 0 aromatic heterocycles. The molecule has 0 amide bonds. The first kappa shape index (κ1) is 12.9. The van der Waals surface area contributed by atoms with Gasteiger partial charge in [-0.1, -0.05) is 38.1 Å². The van der Waals surface area contributed by atoms with Crippen LogP contribution in [0.2, 0.25) is 0 Å². The van der Waals surface area contributed by atoms with Crippen molar-refractivity contribution in [1.82, 2.24) is 0 Å². The molecule has 0 aliphatic rings. The number of anilines is 1. The van der Waals surface area contributed by atoms with Gasteiger partial charge in [-0.3, -0.25) is 4.72 Å². The van der Waals surface area contributed by atoms with Crippen molar-refractivity contribution in [2.24, 2.45) is 0 Å². The second kappa shape index (κ2) is 4.61. The topological polar surface area (TPSA) is 46.2 Å². The van der Waals surface area contributed by atoms with Crippen molar-refractivity contribution in [2.45, 2.75) is 19.8 Å². The van der Waals surface area contributed by atoms with E-state index in [2.05, 4.69) is 30.7 Å². The third-order valence-electron chi connectivity index (χ3n) is 2.83. The lowest BCUT2D eigenvalue weighted by Crippen LogP contribution is -2.09. The molecule has 0 aliphatic heterocycles. The smallest absolute Gasteiger partial charge is 0.229 e. The van der Waals surface area contributed by atoms with Crippen LogP contribution < -0.4 is 4.72 Å². The molecule has 0 atom stereocenters. The monoisotopic (exact) mass is 263 g/mol. The van der Waals surface area contributed by atoms with Gasteiger partial charge in [-0.25, -0.2) is 8.42 Å². The predicted octanol–water partition coefficient (Wildman–Crippen LogP) is 3.33. The molecule has 2 aromatic rings. The molecule has 2 rings (SSSR count). The Hall–Kier alpha value is -1.55. The number of nitrogens with one attached hydrogen (secondary N) is 1. The van der Waals surface area contributed by atoms with Crippen LogP contribution in [0.5, 0.6) is 0 Å². The molecule has 0 aliphatic carbocycles. The molecule has 1 N–H and O–H groups in total. The SMILES string of the molecule is CC(C)c1ccc2cc(NS(C)(=O)=O)ccc2c1. The van der Waals surface area contributed by atoms with Gasteiger partial charge >= 0.3 is 0 Å². The van der Waals surface area contributed by atoms with Gasteiger partial charge in [0.25, 0.3) is 0 Å². The van der Waals surface area contributed by atoms with E-state index in [0.29, 0.717) is 11.6 Å². The van der Waals surface area contributed by atoms with E-state index in [-0.39, 0.29) is 0 Å². The van der Waals surface area contributed by atoms with Gasteiger partial charge in [-0.2, -0.15) is 0 Å². The van der Waals surface area contributed by atoms with Crippen LogP contribution in [0.1, 0.15) is 25.3 Å². The molecule has 0 radical (unpaired) electrons. The molecule has 0 bridgehead atoms. The van der Waals surface area contributed by atoms with Gasteiger partial charge < -0.3 is 0 Å². The minimum atomic E-state index is -3.22. The molecular weight excluding hydrogens is 246 g/mol. The van der Waals surface area contributed by atoms with Crippen molar-refractivity contribution in [3.05, 3.63) is 42.0 Å². The van der Waals surface area contributed by atoms with Gasteiger partial charge in [0.05, 0.1) is 6.26 Å². The maximum atomic E-state index is 11.2. The van der Waals surface area contributed by atoms with Gasteiger partial charge in [0, 0.05) is 5.69 Å². The van der Waals surface area contributed by atoms with Gasteiger partial charge in [-0.05, 0) is 34.4 Å². The fraction of sp³-hybridized carbons (Fsp3) is 0.286. The Morgan fingerprint density at radius 1 is 1.00 bits per heavy atom. The molecule has 4 heteroatoms. The van der Waals surface area contributed by atoms with E-state index in [9.17, 15) is 8.42 Å². The van der Waals surface area contributed by atoms with E-state index < -0.39 is 10.0 Å². The Labute approximate surface area is 108 Å². The summed E-state index contributed by atoms with van der Waals surface area (Å²) >= 11 is 0. The minimum Gasteiger partial charge on any atom is -0.284 e. The first-order chi connectivity index (χ1) is 8.35. The fourth-order valence-electron chi connectivity index (χ4n) is 1.90. The zero-order chi connectivity index (χ0) is 13.3. The van der Waals surface area contributed by atoms with E-state index in [1.807, 2.05) is 18.2 Å². The predicted molar refractivity (Wildman–Crippen MR) is 76.5 cm³/mol. The van der Waals surface area contributed by atoms with Crippen LogP contribution in [-0.4, -0.2) is 14.7 Å². The maximum absolute atomic E-state index is 11.2. The zero-order valence-electron chi connectivity index (χ0n) is 10.8. The zero-order valence-corrected chi connectivity index (χ0v) is 11.6. The average molecular weight is 263 g/mol. The molecule has 0 spiro atoms. The van der Waals surface area contributed by atoms with E-state index in [1.165, 1.54) is 5.56 Å². The number of sulfonamides is 1. The first-order valence-electron chi connectivity index (χ1n) is 5.87. The van der Waals surface area contributed by atoms with E-state index >= 15 is 0 Å². The Bertz CT molecular complexity index is 675.